The minimum absolute atomic E-state index is 0.0519. The SMILES string of the molecule is NC(=S)C1(C(=O)NCCN2CCSCC2)CCCCC1. The summed E-state index contributed by atoms with van der Waals surface area (Å²) in [6, 6.07) is 0. The van der Waals surface area contributed by atoms with Gasteiger partial charge in [-0.1, -0.05) is 31.5 Å². The Morgan fingerprint density at radius 1 is 1.25 bits per heavy atom. The van der Waals surface area contributed by atoms with E-state index in [9.17, 15) is 4.79 Å². The van der Waals surface area contributed by atoms with E-state index in [0.717, 1.165) is 45.3 Å². The van der Waals surface area contributed by atoms with Gasteiger partial charge in [-0.2, -0.15) is 11.8 Å². The average molecular weight is 316 g/mol. The number of nitrogens with two attached hydrogens (primary N) is 1. The van der Waals surface area contributed by atoms with Crippen molar-refractivity contribution in [3.05, 3.63) is 0 Å². The molecular weight excluding hydrogens is 290 g/mol. The minimum Gasteiger partial charge on any atom is -0.392 e. The van der Waals surface area contributed by atoms with Crippen LogP contribution in [0.3, 0.4) is 0 Å². The Balaban J connectivity index is 1.81. The normalized spacial score (nSPS) is 23.2. The Hall–Kier alpha value is -0.330. The van der Waals surface area contributed by atoms with Gasteiger partial charge in [0.2, 0.25) is 5.91 Å². The molecule has 6 heteroatoms. The molecule has 0 spiro atoms. The summed E-state index contributed by atoms with van der Waals surface area (Å²) in [5.41, 5.74) is 5.30. The summed E-state index contributed by atoms with van der Waals surface area (Å²) >= 11 is 7.19. The quantitative estimate of drug-likeness (QED) is 0.751. The van der Waals surface area contributed by atoms with Gasteiger partial charge in [0.05, 0.1) is 10.4 Å². The van der Waals surface area contributed by atoms with Crippen LogP contribution in [0.5, 0.6) is 0 Å². The molecule has 1 amide bonds. The molecule has 1 heterocycles. The van der Waals surface area contributed by atoms with Crippen LogP contribution in [0.1, 0.15) is 32.1 Å². The van der Waals surface area contributed by atoms with E-state index >= 15 is 0 Å². The maximum Gasteiger partial charge on any atom is 0.233 e. The van der Waals surface area contributed by atoms with Gasteiger partial charge in [-0.05, 0) is 12.8 Å². The zero-order chi connectivity index (χ0) is 14.4. The van der Waals surface area contributed by atoms with Crippen molar-refractivity contribution >= 4 is 34.9 Å². The van der Waals surface area contributed by atoms with Crippen molar-refractivity contribution in [2.24, 2.45) is 11.1 Å². The molecule has 0 unspecified atom stereocenters. The van der Waals surface area contributed by atoms with Gasteiger partial charge in [0.1, 0.15) is 0 Å². The number of thiocarbonyl (C=S) groups is 1. The van der Waals surface area contributed by atoms with E-state index in [1.54, 1.807) is 0 Å². The van der Waals surface area contributed by atoms with E-state index in [1.807, 2.05) is 11.8 Å². The Morgan fingerprint density at radius 3 is 2.50 bits per heavy atom. The van der Waals surface area contributed by atoms with Gasteiger partial charge < -0.3 is 11.1 Å². The molecule has 2 fully saturated rings. The number of nitrogens with one attached hydrogen (secondary N) is 1. The van der Waals surface area contributed by atoms with Crippen LogP contribution in [0.25, 0.3) is 0 Å². The van der Waals surface area contributed by atoms with Crippen LogP contribution < -0.4 is 11.1 Å². The Morgan fingerprint density at radius 2 is 1.90 bits per heavy atom. The first-order valence-electron chi connectivity index (χ1n) is 7.53. The van der Waals surface area contributed by atoms with Crippen molar-refractivity contribution in [3.63, 3.8) is 0 Å². The van der Waals surface area contributed by atoms with Gasteiger partial charge in [-0.15, -0.1) is 0 Å². The lowest BCUT2D eigenvalue weighted by Gasteiger charge is -2.35. The third kappa shape index (κ3) is 3.86. The molecular formula is C14H25N3OS2. The molecule has 114 valence electrons. The molecule has 0 bridgehead atoms. The second-order valence-electron chi connectivity index (χ2n) is 5.72. The van der Waals surface area contributed by atoms with Crippen LogP contribution in [-0.4, -0.2) is 53.5 Å². The summed E-state index contributed by atoms with van der Waals surface area (Å²) in [6.07, 6.45) is 4.91. The molecule has 0 radical (unpaired) electrons. The molecule has 4 nitrogen and oxygen atoms in total. The highest BCUT2D eigenvalue weighted by atomic mass is 32.2. The zero-order valence-corrected chi connectivity index (χ0v) is 13.7. The second kappa shape index (κ2) is 7.61. The van der Waals surface area contributed by atoms with Crippen LogP contribution >= 0.6 is 24.0 Å². The van der Waals surface area contributed by atoms with Crippen LogP contribution in [0.15, 0.2) is 0 Å². The number of amides is 1. The number of rotatable bonds is 5. The molecule has 1 aliphatic heterocycles. The highest BCUT2D eigenvalue weighted by molar-refractivity contribution is 7.99. The van der Waals surface area contributed by atoms with Crippen molar-refractivity contribution in [2.75, 3.05) is 37.7 Å². The molecule has 1 saturated heterocycles. The van der Waals surface area contributed by atoms with Gasteiger partial charge in [0, 0.05) is 37.7 Å². The number of carbonyl (C=O) groups excluding carboxylic acids is 1. The first kappa shape index (κ1) is 16.0. The van der Waals surface area contributed by atoms with Crippen molar-refractivity contribution in [3.8, 4) is 0 Å². The summed E-state index contributed by atoms with van der Waals surface area (Å²) in [7, 11) is 0. The number of thioether (sulfide) groups is 1. The largest absolute Gasteiger partial charge is 0.392 e. The van der Waals surface area contributed by atoms with Gasteiger partial charge in [0.15, 0.2) is 0 Å². The summed E-state index contributed by atoms with van der Waals surface area (Å²) in [5, 5.41) is 3.07. The number of nitrogens with zero attached hydrogens (tertiary/aromatic N) is 1. The third-order valence-corrected chi connectivity index (χ3v) is 5.76. The summed E-state index contributed by atoms with van der Waals surface area (Å²) in [5.74, 6) is 2.45. The van der Waals surface area contributed by atoms with Crippen molar-refractivity contribution in [1.82, 2.24) is 10.2 Å². The van der Waals surface area contributed by atoms with E-state index in [2.05, 4.69) is 10.2 Å². The highest BCUT2D eigenvalue weighted by Gasteiger charge is 2.42. The molecule has 0 atom stereocenters. The smallest absolute Gasteiger partial charge is 0.233 e. The topological polar surface area (TPSA) is 58.4 Å². The van der Waals surface area contributed by atoms with E-state index in [-0.39, 0.29) is 5.91 Å². The fourth-order valence-corrected chi connectivity index (χ4v) is 4.34. The lowest BCUT2D eigenvalue weighted by molar-refractivity contribution is -0.128. The molecule has 1 saturated carbocycles. The minimum atomic E-state index is -0.578. The van der Waals surface area contributed by atoms with Gasteiger partial charge in [-0.3, -0.25) is 9.69 Å². The zero-order valence-electron chi connectivity index (χ0n) is 12.0. The van der Waals surface area contributed by atoms with Gasteiger partial charge >= 0.3 is 0 Å². The predicted octanol–water partition coefficient (Wildman–Crippen LogP) is 1.39. The Labute approximate surface area is 131 Å². The molecule has 2 rings (SSSR count). The van der Waals surface area contributed by atoms with Crippen LogP contribution in [0.4, 0.5) is 0 Å². The van der Waals surface area contributed by atoms with Gasteiger partial charge in [-0.25, -0.2) is 0 Å². The van der Waals surface area contributed by atoms with Crippen molar-refractivity contribution in [2.45, 2.75) is 32.1 Å². The fourth-order valence-electron chi connectivity index (χ4n) is 3.06. The fraction of sp³-hybridized carbons (Fsp3) is 0.857. The Bertz CT molecular complexity index is 350. The first-order valence-corrected chi connectivity index (χ1v) is 9.10. The van der Waals surface area contributed by atoms with Crippen LogP contribution in [-0.2, 0) is 4.79 Å². The monoisotopic (exact) mass is 315 g/mol. The Kier molecular flexibility index (Phi) is 6.11. The van der Waals surface area contributed by atoms with Crippen LogP contribution in [0, 0.1) is 5.41 Å². The van der Waals surface area contributed by atoms with Crippen molar-refractivity contribution in [1.29, 1.82) is 0 Å². The second-order valence-corrected chi connectivity index (χ2v) is 7.38. The lowest BCUT2D eigenvalue weighted by atomic mass is 9.73. The summed E-state index contributed by atoms with van der Waals surface area (Å²) < 4.78 is 0. The maximum absolute atomic E-state index is 12.5. The van der Waals surface area contributed by atoms with E-state index in [4.69, 9.17) is 18.0 Å². The molecule has 3 N–H and O–H groups in total. The van der Waals surface area contributed by atoms with Gasteiger partial charge in [0.25, 0.3) is 0 Å². The number of carbonyl (C=O) groups is 1. The molecule has 0 aromatic rings. The number of hydrogen-bond donors (Lipinski definition) is 2. The lowest BCUT2D eigenvalue weighted by Crippen LogP contribution is -2.51. The molecule has 0 aromatic heterocycles. The molecule has 1 aliphatic carbocycles. The highest BCUT2D eigenvalue weighted by Crippen LogP contribution is 2.36. The summed E-state index contributed by atoms with van der Waals surface area (Å²) in [4.78, 5) is 15.3. The molecule has 2 aliphatic rings. The molecule has 0 aromatic carbocycles. The summed E-state index contributed by atoms with van der Waals surface area (Å²) in [6.45, 7) is 3.88. The first-order chi connectivity index (χ1) is 9.65. The predicted molar refractivity (Wildman–Crippen MR) is 89.1 cm³/mol. The third-order valence-electron chi connectivity index (χ3n) is 4.43. The van der Waals surface area contributed by atoms with Crippen molar-refractivity contribution < 1.29 is 4.79 Å². The number of hydrogen-bond acceptors (Lipinski definition) is 4. The van der Waals surface area contributed by atoms with Crippen LogP contribution in [0.2, 0.25) is 0 Å². The van der Waals surface area contributed by atoms with E-state index in [1.165, 1.54) is 17.9 Å². The van der Waals surface area contributed by atoms with E-state index < -0.39 is 5.41 Å². The average Bonchev–Trinajstić information content (AvgIpc) is 2.48. The van der Waals surface area contributed by atoms with E-state index in [0.29, 0.717) is 11.5 Å². The standard InChI is InChI=1S/C14H25N3OS2/c15-12(19)14(4-2-1-3-5-14)13(18)16-6-7-17-8-10-20-11-9-17/h1-11H2,(H2,15,19)(H,16,18). The maximum atomic E-state index is 12.5. The molecule has 20 heavy (non-hydrogen) atoms.